The lowest BCUT2D eigenvalue weighted by atomic mass is 10.2. The number of methoxy groups -OCH3 is 2. The van der Waals surface area contributed by atoms with Gasteiger partial charge in [0.1, 0.15) is 5.60 Å². The van der Waals surface area contributed by atoms with Gasteiger partial charge in [0.05, 0.1) is 20.8 Å². The number of nitrogens with zero attached hydrogens (tertiary/aromatic N) is 2. The minimum atomic E-state index is -0.512. The van der Waals surface area contributed by atoms with Crippen LogP contribution in [-0.2, 0) is 4.74 Å². The van der Waals surface area contributed by atoms with E-state index in [0.29, 0.717) is 24.6 Å². The first kappa shape index (κ1) is 20.7. The second kappa shape index (κ2) is 8.83. The van der Waals surface area contributed by atoms with Gasteiger partial charge in [-0.1, -0.05) is 0 Å². The van der Waals surface area contributed by atoms with E-state index < -0.39 is 5.60 Å². The van der Waals surface area contributed by atoms with Gasteiger partial charge >= 0.3 is 6.09 Å². The monoisotopic (exact) mass is 378 g/mol. The molecule has 8 heteroatoms. The Morgan fingerprint density at radius 3 is 2.48 bits per heavy atom. The van der Waals surface area contributed by atoms with Crippen LogP contribution in [0.4, 0.5) is 10.5 Å². The molecule has 8 nitrogen and oxygen atoms in total. The molecule has 1 aliphatic rings. The van der Waals surface area contributed by atoms with Crippen molar-refractivity contribution in [2.45, 2.75) is 45.3 Å². The van der Waals surface area contributed by atoms with Crippen molar-refractivity contribution >= 4 is 17.7 Å². The maximum absolute atomic E-state index is 12.3. The predicted molar refractivity (Wildman–Crippen MR) is 106 cm³/mol. The summed E-state index contributed by atoms with van der Waals surface area (Å²) in [7, 11) is 3.15. The molecule has 0 heterocycles. The zero-order chi connectivity index (χ0) is 20.0. The van der Waals surface area contributed by atoms with E-state index in [9.17, 15) is 4.79 Å². The van der Waals surface area contributed by atoms with E-state index in [1.54, 1.807) is 31.3 Å². The summed E-state index contributed by atoms with van der Waals surface area (Å²) in [5.41, 5.74) is 6.18. The Morgan fingerprint density at radius 1 is 1.26 bits per heavy atom. The maximum atomic E-state index is 12.3. The van der Waals surface area contributed by atoms with Gasteiger partial charge in [0.15, 0.2) is 17.5 Å². The number of hydrogen-bond acceptors (Lipinski definition) is 5. The Balaban J connectivity index is 1.91. The highest BCUT2D eigenvalue weighted by Crippen LogP contribution is 2.30. The smallest absolute Gasteiger partial charge is 0.410 e. The summed E-state index contributed by atoms with van der Waals surface area (Å²) in [4.78, 5) is 18.4. The van der Waals surface area contributed by atoms with Crippen LogP contribution < -0.4 is 20.5 Å². The molecule has 0 aliphatic heterocycles. The van der Waals surface area contributed by atoms with Gasteiger partial charge < -0.3 is 30.2 Å². The van der Waals surface area contributed by atoms with E-state index in [0.717, 1.165) is 18.5 Å². The average molecular weight is 378 g/mol. The number of benzene rings is 1. The van der Waals surface area contributed by atoms with E-state index >= 15 is 0 Å². The third-order valence-electron chi connectivity index (χ3n) is 3.89. The number of nitrogens with one attached hydrogen (secondary N) is 1. The maximum Gasteiger partial charge on any atom is 0.410 e. The molecular formula is C19H30N4O4. The molecule has 0 unspecified atom stereocenters. The van der Waals surface area contributed by atoms with Gasteiger partial charge in [0.25, 0.3) is 0 Å². The van der Waals surface area contributed by atoms with E-state index in [4.69, 9.17) is 19.9 Å². The second-order valence-electron chi connectivity index (χ2n) is 7.37. The SMILES string of the molecule is COc1ccc(NC(N)=NCCN(C(=O)OC(C)(C)C)C2CC2)cc1OC. The van der Waals surface area contributed by atoms with Gasteiger partial charge in [0, 0.05) is 24.3 Å². The summed E-state index contributed by atoms with van der Waals surface area (Å²) in [6, 6.07) is 5.63. The fraction of sp³-hybridized carbons (Fsp3) is 0.579. The molecule has 1 saturated carbocycles. The Hall–Kier alpha value is -2.64. The summed E-state index contributed by atoms with van der Waals surface area (Å²) in [5.74, 6) is 1.50. The lowest BCUT2D eigenvalue weighted by molar-refractivity contribution is 0.0240. The number of amides is 1. The van der Waals surface area contributed by atoms with Gasteiger partial charge in [-0.3, -0.25) is 4.99 Å². The summed E-state index contributed by atoms with van der Waals surface area (Å²) in [6.45, 7) is 6.44. The number of carbonyl (C=O) groups is 1. The van der Waals surface area contributed by atoms with E-state index in [-0.39, 0.29) is 18.1 Å². The first-order chi connectivity index (χ1) is 12.7. The van der Waals surface area contributed by atoms with E-state index in [2.05, 4.69) is 10.3 Å². The number of rotatable bonds is 7. The zero-order valence-corrected chi connectivity index (χ0v) is 16.7. The molecule has 0 saturated heterocycles. The molecule has 27 heavy (non-hydrogen) atoms. The van der Waals surface area contributed by atoms with Crippen LogP contribution in [0.15, 0.2) is 23.2 Å². The molecule has 1 amide bonds. The van der Waals surface area contributed by atoms with Crippen LogP contribution in [0.3, 0.4) is 0 Å². The van der Waals surface area contributed by atoms with Crippen LogP contribution in [0.1, 0.15) is 33.6 Å². The van der Waals surface area contributed by atoms with Crippen LogP contribution >= 0.6 is 0 Å². The fourth-order valence-electron chi connectivity index (χ4n) is 2.51. The van der Waals surface area contributed by atoms with Crippen molar-refractivity contribution < 1.29 is 19.0 Å². The zero-order valence-electron chi connectivity index (χ0n) is 16.7. The Morgan fingerprint density at radius 2 is 1.93 bits per heavy atom. The fourth-order valence-corrected chi connectivity index (χ4v) is 2.51. The summed E-state index contributed by atoms with van der Waals surface area (Å²) >= 11 is 0. The number of carbonyl (C=O) groups excluding carboxylic acids is 1. The van der Waals surface area contributed by atoms with Crippen LogP contribution in [0.5, 0.6) is 11.5 Å². The highest BCUT2D eigenvalue weighted by Gasteiger charge is 2.34. The van der Waals surface area contributed by atoms with Gasteiger partial charge in [-0.2, -0.15) is 0 Å². The van der Waals surface area contributed by atoms with Crippen LogP contribution in [0, 0.1) is 0 Å². The largest absolute Gasteiger partial charge is 0.493 e. The van der Waals surface area contributed by atoms with Crippen molar-refractivity contribution in [3.8, 4) is 11.5 Å². The van der Waals surface area contributed by atoms with Crippen LogP contribution in [0.2, 0.25) is 0 Å². The lowest BCUT2D eigenvalue weighted by Gasteiger charge is -2.27. The molecule has 1 fully saturated rings. The van der Waals surface area contributed by atoms with Gasteiger partial charge in [-0.25, -0.2) is 4.79 Å². The lowest BCUT2D eigenvalue weighted by Crippen LogP contribution is -2.40. The van der Waals surface area contributed by atoms with Crippen molar-refractivity contribution in [3.63, 3.8) is 0 Å². The van der Waals surface area contributed by atoms with Gasteiger partial charge in [0.2, 0.25) is 0 Å². The quantitative estimate of drug-likeness (QED) is 0.559. The van der Waals surface area contributed by atoms with Crippen molar-refractivity contribution in [2.75, 3.05) is 32.6 Å². The van der Waals surface area contributed by atoms with Crippen molar-refractivity contribution in [2.24, 2.45) is 10.7 Å². The number of guanidine groups is 1. The molecule has 1 aliphatic carbocycles. The first-order valence-electron chi connectivity index (χ1n) is 9.02. The molecule has 150 valence electrons. The third-order valence-corrected chi connectivity index (χ3v) is 3.89. The third kappa shape index (κ3) is 6.54. The minimum absolute atomic E-state index is 0.245. The molecule has 0 spiro atoms. The standard InChI is InChI=1S/C19H30N4O4/c1-19(2,3)27-18(24)23(14-7-8-14)11-10-21-17(20)22-13-6-9-15(25-4)16(12-13)26-5/h6,9,12,14H,7-8,10-11H2,1-5H3,(H3,20,21,22). The first-order valence-corrected chi connectivity index (χ1v) is 9.02. The summed E-state index contributed by atoms with van der Waals surface area (Å²) in [5, 5.41) is 3.01. The van der Waals surface area contributed by atoms with E-state index in [1.807, 2.05) is 26.8 Å². The summed E-state index contributed by atoms with van der Waals surface area (Å²) < 4.78 is 15.9. The Kier molecular flexibility index (Phi) is 6.76. The number of hydrogen-bond donors (Lipinski definition) is 2. The molecule has 2 rings (SSSR count). The molecule has 3 N–H and O–H groups in total. The molecule has 0 radical (unpaired) electrons. The van der Waals surface area contributed by atoms with Crippen LogP contribution in [-0.4, -0.2) is 55.9 Å². The van der Waals surface area contributed by atoms with Gasteiger partial charge in [-0.05, 0) is 45.7 Å². The Bertz CT molecular complexity index is 681. The van der Waals surface area contributed by atoms with Crippen LogP contribution in [0.25, 0.3) is 0 Å². The highest BCUT2D eigenvalue weighted by molar-refractivity contribution is 5.92. The molecular weight excluding hydrogens is 348 g/mol. The number of ether oxygens (including phenoxy) is 3. The normalized spacial score (nSPS) is 14.5. The Labute approximate surface area is 160 Å². The molecule has 0 aromatic heterocycles. The second-order valence-corrected chi connectivity index (χ2v) is 7.37. The minimum Gasteiger partial charge on any atom is -0.493 e. The number of anilines is 1. The number of nitrogens with two attached hydrogens (primary N) is 1. The van der Waals surface area contributed by atoms with Crippen molar-refractivity contribution in [3.05, 3.63) is 18.2 Å². The molecule has 1 aromatic carbocycles. The topological polar surface area (TPSA) is 98.4 Å². The molecule has 1 aromatic rings. The predicted octanol–water partition coefficient (Wildman–Crippen LogP) is 2.83. The highest BCUT2D eigenvalue weighted by atomic mass is 16.6. The van der Waals surface area contributed by atoms with Crippen molar-refractivity contribution in [1.82, 2.24) is 4.90 Å². The molecule has 0 atom stereocenters. The van der Waals surface area contributed by atoms with Crippen molar-refractivity contribution in [1.29, 1.82) is 0 Å². The summed E-state index contributed by atoms with van der Waals surface area (Å²) in [6.07, 6.45) is 1.71. The number of aliphatic imine (C=N–C) groups is 1. The van der Waals surface area contributed by atoms with Gasteiger partial charge in [-0.15, -0.1) is 0 Å². The van der Waals surface area contributed by atoms with E-state index in [1.165, 1.54) is 0 Å². The average Bonchev–Trinajstić information content (AvgIpc) is 3.41. The molecule has 0 bridgehead atoms.